The minimum absolute atomic E-state index is 0.130. The van der Waals surface area contributed by atoms with Crippen LogP contribution in [-0.4, -0.2) is 41.7 Å². The summed E-state index contributed by atoms with van der Waals surface area (Å²) in [6.45, 7) is 7.59. The fourth-order valence-electron chi connectivity index (χ4n) is 4.63. The highest BCUT2D eigenvalue weighted by Crippen LogP contribution is 2.38. The van der Waals surface area contributed by atoms with E-state index in [1.165, 1.54) is 28.8 Å². The van der Waals surface area contributed by atoms with E-state index in [-0.39, 0.29) is 24.4 Å². The first-order valence-corrected chi connectivity index (χ1v) is 11.8. The molecule has 2 aliphatic rings. The van der Waals surface area contributed by atoms with Crippen molar-refractivity contribution in [2.75, 3.05) is 19.6 Å². The molecule has 0 aromatic heterocycles. The van der Waals surface area contributed by atoms with Crippen LogP contribution in [0.25, 0.3) is 5.57 Å². The number of carboxylic acid groups (broad SMARTS) is 1. The number of fused-ring (bicyclic) bond motifs is 1. The maximum absolute atomic E-state index is 13.3. The summed E-state index contributed by atoms with van der Waals surface area (Å²) < 4.78 is 51.2. The molecule has 8 heteroatoms. The Bertz CT molecular complexity index is 1130. The van der Waals surface area contributed by atoms with Crippen LogP contribution in [0.5, 0.6) is 11.5 Å². The first-order valence-electron chi connectivity index (χ1n) is 11.8. The third-order valence-corrected chi connectivity index (χ3v) is 6.55. The van der Waals surface area contributed by atoms with Gasteiger partial charge >= 0.3 is 12.1 Å². The zero-order valence-electron chi connectivity index (χ0n) is 20.1. The number of aryl methyl sites for hydroxylation is 1. The van der Waals surface area contributed by atoms with Crippen molar-refractivity contribution in [1.82, 2.24) is 4.90 Å². The van der Waals surface area contributed by atoms with Crippen LogP contribution < -0.4 is 9.47 Å². The highest BCUT2D eigenvalue weighted by Gasteiger charge is 2.35. The minimum Gasteiger partial charge on any atom is -0.490 e. The van der Waals surface area contributed by atoms with Gasteiger partial charge in [0.25, 0.3) is 0 Å². The lowest BCUT2D eigenvalue weighted by molar-refractivity contribution is -0.147. The smallest absolute Gasteiger partial charge is 0.419 e. The number of allylic oxidation sites excluding steroid dienone is 1. The van der Waals surface area contributed by atoms with Crippen molar-refractivity contribution in [2.45, 2.75) is 52.5 Å². The summed E-state index contributed by atoms with van der Waals surface area (Å²) in [6, 6.07) is 9.74. The summed E-state index contributed by atoms with van der Waals surface area (Å²) in [5.74, 6) is -0.514. The number of halogens is 3. The molecule has 1 aliphatic carbocycles. The molecular formula is C27H30F3NO4. The summed E-state index contributed by atoms with van der Waals surface area (Å²) in [5.41, 5.74) is 4.69. The summed E-state index contributed by atoms with van der Waals surface area (Å²) in [7, 11) is 0. The molecule has 1 N–H and O–H groups in total. The fourth-order valence-corrected chi connectivity index (χ4v) is 4.63. The molecule has 188 valence electrons. The molecule has 2 aromatic carbocycles. The van der Waals surface area contributed by atoms with Crippen LogP contribution in [-0.2, 0) is 24.0 Å². The largest absolute Gasteiger partial charge is 0.490 e. The fraction of sp³-hybridized carbons (Fsp3) is 0.444. The van der Waals surface area contributed by atoms with Crippen LogP contribution in [0.4, 0.5) is 13.2 Å². The Kier molecular flexibility index (Phi) is 7.12. The number of likely N-dealkylation sites (tertiary alicyclic amines) is 1. The Morgan fingerprint density at radius 2 is 1.89 bits per heavy atom. The van der Waals surface area contributed by atoms with E-state index in [1.807, 2.05) is 18.2 Å². The molecule has 4 rings (SSSR count). The van der Waals surface area contributed by atoms with Crippen LogP contribution >= 0.6 is 0 Å². The zero-order valence-corrected chi connectivity index (χ0v) is 20.1. The molecule has 0 unspecified atom stereocenters. The molecule has 0 saturated carbocycles. The van der Waals surface area contributed by atoms with E-state index in [4.69, 9.17) is 14.6 Å². The lowest BCUT2D eigenvalue weighted by atomic mass is 9.85. The van der Waals surface area contributed by atoms with Crippen LogP contribution in [0, 0.1) is 5.92 Å². The van der Waals surface area contributed by atoms with Crippen LogP contribution in [0.1, 0.15) is 49.4 Å². The number of aliphatic carboxylic acids is 1. The molecule has 0 atom stereocenters. The average molecular weight is 490 g/mol. The van der Waals surface area contributed by atoms with E-state index < -0.39 is 17.7 Å². The van der Waals surface area contributed by atoms with Gasteiger partial charge in [-0.05, 0) is 80.1 Å². The number of ether oxygens (including phenoxy) is 2. The first-order chi connectivity index (χ1) is 16.5. The summed E-state index contributed by atoms with van der Waals surface area (Å²) in [5, 5.41) is 9.07. The first kappa shape index (κ1) is 25.1. The molecule has 1 aliphatic heterocycles. The molecule has 2 aromatic rings. The predicted octanol–water partition coefficient (Wildman–Crippen LogP) is 5.81. The lowest BCUT2D eigenvalue weighted by Gasteiger charge is -2.38. The summed E-state index contributed by atoms with van der Waals surface area (Å²) in [4.78, 5) is 13.2. The van der Waals surface area contributed by atoms with Gasteiger partial charge in [0.15, 0.2) is 0 Å². The van der Waals surface area contributed by atoms with Gasteiger partial charge in [-0.2, -0.15) is 13.2 Å². The van der Waals surface area contributed by atoms with Gasteiger partial charge in [-0.3, -0.25) is 9.69 Å². The minimum atomic E-state index is -4.49. The number of hydrogen-bond donors (Lipinski definition) is 1. The maximum atomic E-state index is 13.3. The van der Waals surface area contributed by atoms with Crippen LogP contribution in [0.2, 0.25) is 0 Å². The summed E-state index contributed by atoms with van der Waals surface area (Å²) in [6.07, 6.45) is -3.10. The second kappa shape index (κ2) is 9.93. The number of benzene rings is 2. The lowest BCUT2D eigenvalue weighted by Crippen LogP contribution is -2.50. The van der Waals surface area contributed by atoms with Gasteiger partial charge in [0.2, 0.25) is 0 Å². The van der Waals surface area contributed by atoms with Gasteiger partial charge < -0.3 is 14.6 Å². The van der Waals surface area contributed by atoms with Gasteiger partial charge in [0, 0.05) is 19.6 Å². The van der Waals surface area contributed by atoms with Crippen molar-refractivity contribution in [3.8, 4) is 11.5 Å². The van der Waals surface area contributed by atoms with Gasteiger partial charge in [0.05, 0.1) is 17.6 Å². The molecule has 1 fully saturated rings. The van der Waals surface area contributed by atoms with Crippen molar-refractivity contribution in [3.63, 3.8) is 0 Å². The number of hydrogen-bond acceptors (Lipinski definition) is 4. The Labute approximate surface area is 203 Å². The predicted molar refractivity (Wildman–Crippen MR) is 126 cm³/mol. The average Bonchev–Trinajstić information content (AvgIpc) is 2.74. The molecule has 5 nitrogen and oxygen atoms in total. The highest BCUT2D eigenvalue weighted by molar-refractivity contribution is 5.73. The highest BCUT2D eigenvalue weighted by atomic mass is 19.4. The van der Waals surface area contributed by atoms with E-state index in [0.717, 1.165) is 31.0 Å². The standard InChI is InChI=1S/C27H30F3NO4/c1-16(2)35-25-10-18(4-9-24(25)27(28,29)30)15-34-22-7-8-23-17(3)20(6-5-19(23)11-22)12-31-13-21(14-31)26(32)33/h4,7-11,16,21H,5-6,12-15H2,1-3H3,(H,32,33). The molecule has 1 saturated heterocycles. The Balaban J connectivity index is 1.43. The number of carboxylic acids is 1. The van der Waals surface area contributed by atoms with E-state index in [2.05, 4.69) is 11.8 Å². The quantitative estimate of drug-likeness (QED) is 0.507. The zero-order chi connectivity index (χ0) is 25.3. The number of nitrogens with zero attached hydrogens (tertiary/aromatic N) is 1. The van der Waals surface area contributed by atoms with E-state index in [9.17, 15) is 18.0 Å². The molecule has 0 radical (unpaired) electrons. The molecular weight excluding hydrogens is 459 g/mol. The topological polar surface area (TPSA) is 59.0 Å². The van der Waals surface area contributed by atoms with Crippen molar-refractivity contribution in [1.29, 1.82) is 0 Å². The van der Waals surface area contributed by atoms with Crippen molar-refractivity contribution < 1.29 is 32.5 Å². The molecule has 0 amide bonds. The monoisotopic (exact) mass is 489 g/mol. The Morgan fingerprint density at radius 3 is 2.54 bits per heavy atom. The number of carbonyl (C=O) groups is 1. The second-order valence-electron chi connectivity index (χ2n) is 9.56. The van der Waals surface area contributed by atoms with Gasteiger partial charge in [-0.25, -0.2) is 0 Å². The maximum Gasteiger partial charge on any atom is 0.419 e. The van der Waals surface area contributed by atoms with Crippen molar-refractivity contribution >= 4 is 11.5 Å². The van der Waals surface area contributed by atoms with E-state index in [0.29, 0.717) is 24.4 Å². The Hall–Kier alpha value is -3.00. The van der Waals surface area contributed by atoms with E-state index in [1.54, 1.807) is 13.8 Å². The van der Waals surface area contributed by atoms with Gasteiger partial charge in [-0.1, -0.05) is 17.7 Å². The molecule has 35 heavy (non-hydrogen) atoms. The van der Waals surface area contributed by atoms with Gasteiger partial charge in [-0.15, -0.1) is 0 Å². The van der Waals surface area contributed by atoms with Crippen molar-refractivity contribution in [2.24, 2.45) is 5.92 Å². The third-order valence-electron chi connectivity index (χ3n) is 6.55. The normalized spacial score (nSPS) is 16.8. The van der Waals surface area contributed by atoms with Crippen LogP contribution in [0.3, 0.4) is 0 Å². The summed E-state index contributed by atoms with van der Waals surface area (Å²) >= 11 is 0. The molecule has 1 heterocycles. The second-order valence-corrected chi connectivity index (χ2v) is 9.56. The molecule has 0 bridgehead atoms. The van der Waals surface area contributed by atoms with Crippen LogP contribution in [0.15, 0.2) is 42.0 Å². The van der Waals surface area contributed by atoms with E-state index >= 15 is 0 Å². The Morgan fingerprint density at radius 1 is 1.14 bits per heavy atom. The third kappa shape index (κ3) is 5.81. The molecule has 0 spiro atoms. The SMILES string of the molecule is CC1=C(CN2CC(C(=O)O)C2)CCc2cc(OCc3ccc(C(F)(F)F)c(OC(C)C)c3)ccc21. The number of alkyl halides is 3. The van der Waals surface area contributed by atoms with Gasteiger partial charge in [0.1, 0.15) is 18.1 Å². The number of rotatable bonds is 8. The van der Waals surface area contributed by atoms with Crippen molar-refractivity contribution in [3.05, 3.63) is 64.2 Å².